The number of rotatable bonds is 3. The zero-order chi connectivity index (χ0) is 17.9. The van der Waals surface area contributed by atoms with Gasteiger partial charge in [0, 0.05) is 25.3 Å². The molecule has 0 saturated carbocycles. The molecule has 1 aliphatic rings. The van der Waals surface area contributed by atoms with E-state index in [0.717, 1.165) is 6.07 Å². The Balaban J connectivity index is 1.65. The molecule has 1 N–H and O–H groups in total. The summed E-state index contributed by atoms with van der Waals surface area (Å²) >= 11 is 0. The largest absolute Gasteiger partial charge is 0.417 e. The van der Waals surface area contributed by atoms with E-state index in [1.807, 2.05) is 0 Å². The van der Waals surface area contributed by atoms with Crippen molar-refractivity contribution in [2.75, 3.05) is 18.4 Å². The van der Waals surface area contributed by atoms with Gasteiger partial charge in [0.15, 0.2) is 0 Å². The number of aromatic nitrogens is 2. The van der Waals surface area contributed by atoms with Crippen molar-refractivity contribution in [1.29, 1.82) is 0 Å². The zero-order valence-electron chi connectivity index (χ0n) is 13.3. The molecule has 1 fully saturated rings. The van der Waals surface area contributed by atoms with Crippen molar-refractivity contribution in [1.82, 2.24) is 14.9 Å². The van der Waals surface area contributed by atoms with Gasteiger partial charge in [-0.25, -0.2) is 9.97 Å². The number of amides is 1. The maximum Gasteiger partial charge on any atom is 0.417 e. The molecule has 3 rings (SSSR count). The van der Waals surface area contributed by atoms with Gasteiger partial charge in [-0.1, -0.05) is 12.1 Å². The van der Waals surface area contributed by atoms with E-state index >= 15 is 0 Å². The molecule has 2 heterocycles. The van der Waals surface area contributed by atoms with Gasteiger partial charge in [0.1, 0.15) is 12.1 Å². The number of carbonyl (C=O) groups excluding carboxylic acids is 1. The van der Waals surface area contributed by atoms with E-state index in [9.17, 15) is 18.0 Å². The van der Waals surface area contributed by atoms with Crippen molar-refractivity contribution in [2.45, 2.75) is 25.1 Å². The predicted molar refractivity (Wildman–Crippen MR) is 86.0 cm³/mol. The minimum absolute atomic E-state index is 0.122. The fourth-order valence-corrected chi connectivity index (χ4v) is 2.90. The highest BCUT2D eigenvalue weighted by Gasteiger charge is 2.36. The second-order valence-corrected chi connectivity index (χ2v) is 5.85. The van der Waals surface area contributed by atoms with Crippen LogP contribution in [0.25, 0.3) is 0 Å². The standard InChI is InChI=1S/C17H17F3N4O/c18-17(19,20)14-4-2-1-3-13(14)16(25)24-9-6-12(7-10-24)23-15-5-8-21-11-22-15/h1-5,8,11-12H,6-7,9-10H2,(H,21,22,23). The summed E-state index contributed by atoms with van der Waals surface area (Å²) in [5, 5.41) is 3.25. The van der Waals surface area contributed by atoms with Crippen molar-refractivity contribution in [3.63, 3.8) is 0 Å². The Kier molecular flexibility index (Phi) is 4.87. The SMILES string of the molecule is O=C(c1ccccc1C(F)(F)F)N1CCC(Nc2ccncn2)CC1. The number of likely N-dealkylation sites (tertiary alicyclic amines) is 1. The van der Waals surface area contributed by atoms with Gasteiger partial charge in [-0.3, -0.25) is 4.79 Å². The molecule has 5 nitrogen and oxygen atoms in total. The van der Waals surface area contributed by atoms with Gasteiger partial charge in [-0.05, 0) is 31.0 Å². The third-order valence-electron chi connectivity index (χ3n) is 4.18. The Morgan fingerprint density at radius 2 is 1.88 bits per heavy atom. The molecule has 0 radical (unpaired) electrons. The summed E-state index contributed by atoms with van der Waals surface area (Å²) in [4.78, 5) is 21.9. The number of benzene rings is 1. The Hall–Kier alpha value is -2.64. The van der Waals surface area contributed by atoms with Crippen LogP contribution in [-0.4, -0.2) is 39.9 Å². The number of nitrogens with zero attached hydrogens (tertiary/aromatic N) is 3. The van der Waals surface area contributed by atoms with Gasteiger partial charge in [-0.15, -0.1) is 0 Å². The molecule has 0 aliphatic carbocycles. The first-order valence-corrected chi connectivity index (χ1v) is 7.93. The van der Waals surface area contributed by atoms with Crippen LogP contribution in [-0.2, 0) is 6.18 Å². The molecule has 25 heavy (non-hydrogen) atoms. The monoisotopic (exact) mass is 350 g/mol. The lowest BCUT2D eigenvalue weighted by Gasteiger charge is -2.33. The minimum atomic E-state index is -4.54. The van der Waals surface area contributed by atoms with Crippen molar-refractivity contribution in [3.05, 3.63) is 54.0 Å². The number of alkyl halides is 3. The van der Waals surface area contributed by atoms with E-state index in [2.05, 4.69) is 15.3 Å². The fraction of sp³-hybridized carbons (Fsp3) is 0.353. The van der Waals surface area contributed by atoms with Crippen LogP contribution in [0, 0.1) is 0 Å². The van der Waals surface area contributed by atoms with Crippen LogP contribution >= 0.6 is 0 Å². The smallest absolute Gasteiger partial charge is 0.367 e. The third-order valence-corrected chi connectivity index (χ3v) is 4.18. The topological polar surface area (TPSA) is 58.1 Å². The van der Waals surface area contributed by atoms with Gasteiger partial charge >= 0.3 is 6.18 Å². The lowest BCUT2D eigenvalue weighted by molar-refractivity contribution is -0.138. The summed E-state index contributed by atoms with van der Waals surface area (Å²) in [5.74, 6) is 0.121. The molecule has 2 aromatic rings. The first kappa shape index (κ1) is 17.2. The van der Waals surface area contributed by atoms with Crippen LogP contribution in [0.15, 0.2) is 42.9 Å². The van der Waals surface area contributed by atoms with Gasteiger partial charge in [0.05, 0.1) is 11.1 Å². The highest BCUT2D eigenvalue weighted by molar-refractivity contribution is 5.96. The highest BCUT2D eigenvalue weighted by atomic mass is 19.4. The molecule has 8 heteroatoms. The Morgan fingerprint density at radius 3 is 2.52 bits per heavy atom. The van der Waals surface area contributed by atoms with E-state index in [-0.39, 0.29) is 11.6 Å². The predicted octanol–water partition coefficient (Wildman–Crippen LogP) is 3.21. The van der Waals surface area contributed by atoms with E-state index in [1.165, 1.54) is 29.4 Å². The van der Waals surface area contributed by atoms with E-state index in [0.29, 0.717) is 31.7 Å². The van der Waals surface area contributed by atoms with Crippen LogP contribution in [0.4, 0.5) is 19.0 Å². The quantitative estimate of drug-likeness (QED) is 0.924. The van der Waals surface area contributed by atoms with Crippen molar-refractivity contribution >= 4 is 11.7 Å². The number of anilines is 1. The molecule has 0 unspecified atom stereocenters. The third kappa shape index (κ3) is 4.07. The lowest BCUT2D eigenvalue weighted by atomic mass is 10.0. The maximum atomic E-state index is 13.1. The number of hydrogen-bond acceptors (Lipinski definition) is 4. The molecule has 132 valence electrons. The number of piperidine rings is 1. The number of hydrogen-bond donors (Lipinski definition) is 1. The summed E-state index contributed by atoms with van der Waals surface area (Å²) in [6.07, 6.45) is -0.190. The molecule has 1 aliphatic heterocycles. The van der Waals surface area contributed by atoms with E-state index < -0.39 is 17.6 Å². The van der Waals surface area contributed by atoms with Gasteiger partial charge in [-0.2, -0.15) is 13.2 Å². The van der Waals surface area contributed by atoms with E-state index in [1.54, 1.807) is 12.3 Å². The molecule has 1 amide bonds. The Bertz CT molecular complexity index is 728. The molecular formula is C17H17F3N4O. The van der Waals surface area contributed by atoms with Crippen molar-refractivity contribution in [2.24, 2.45) is 0 Å². The fourth-order valence-electron chi connectivity index (χ4n) is 2.90. The summed E-state index contributed by atoms with van der Waals surface area (Å²) in [7, 11) is 0. The average Bonchev–Trinajstić information content (AvgIpc) is 2.62. The molecule has 0 spiro atoms. The first-order chi connectivity index (χ1) is 11.9. The maximum absolute atomic E-state index is 13.1. The molecule has 1 saturated heterocycles. The van der Waals surface area contributed by atoms with Crippen LogP contribution in [0.2, 0.25) is 0 Å². The summed E-state index contributed by atoms with van der Waals surface area (Å²) in [6, 6.07) is 6.78. The zero-order valence-corrected chi connectivity index (χ0v) is 13.3. The average molecular weight is 350 g/mol. The van der Waals surface area contributed by atoms with Crippen molar-refractivity contribution in [3.8, 4) is 0 Å². The number of nitrogens with one attached hydrogen (secondary N) is 1. The molecule has 0 atom stereocenters. The van der Waals surface area contributed by atoms with E-state index in [4.69, 9.17) is 0 Å². The second kappa shape index (κ2) is 7.08. The normalized spacial score (nSPS) is 15.9. The minimum Gasteiger partial charge on any atom is -0.367 e. The Labute approximate surface area is 142 Å². The number of carbonyl (C=O) groups is 1. The Morgan fingerprint density at radius 1 is 1.16 bits per heavy atom. The summed E-state index contributed by atoms with van der Waals surface area (Å²) in [5.41, 5.74) is -1.18. The van der Waals surface area contributed by atoms with Gasteiger partial charge < -0.3 is 10.2 Å². The van der Waals surface area contributed by atoms with Crippen LogP contribution in [0.3, 0.4) is 0 Å². The van der Waals surface area contributed by atoms with Crippen LogP contribution in [0.5, 0.6) is 0 Å². The molecular weight excluding hydrogens is 333 g/mol. The van der Waals surface area contributed by atoms with Crippen LogP contribution in [0.1, 0.15) is 28.8 Å². The van der Waals surface area contributed by atoms with Crippen molar-refractivity contribution < 1.29 is 18.0 Å². The lowest BCUT2D eigenvalue weighted by Crippen LogP contribution is -2.43. The molecule has 1 aromatic carbocycles. The van der Waals surface area contributed by atoms with Gasteiger partial charge in [0.25, 0.3) is 5.91 Å². The highest BCUT2D eigenvalue weighted by Crippen LogP contribution is 2.32. The second-order valence-electron chi connectivity index (χ2n) is 5.85. The summed E-state index contributed by atoms with van der Waals surface area (Å²) in [6.45, 7) is 0.793. The van der Waals surface area contributed by atoms with Gasteiger partial charge in [0.2, 0.25) is 0 Å². The van der Waals surface area contributed by atoms with Crippen LogP contribution < -0.4 is 5.32 Å². The molecule has 1 aromatic heterocycles. The summed E-state index contributed by atoms with van der Waals surface area (Å²) < 4.78 is 39.3. The number of halogens is 3. The first-order valence-electron chi connectivity index (χ1n) is 7.93. The molecule has 0 bridgehead atoms.